The van der Waals surface area contributed by atoms with Gasteiger partial charge >= 0.3 is 0 Å². The van der Waals surface area contributed by atoms with Crippen molar-refractivity contribution in [3.8, 4) is 0 Å². The number of nitrogens with two attached hydrogens (primary N) is 1. The molecule has 0 bridgehead atoms. The molecule has 0 aliphatic rings. The minimum atomic E-state index is -1.17. The van der Waals surface area contributed by atoms with Crippen LogP contribution in [0.4, 0.5) is 5.69 Å². The molecule has 0 saturated heterocycles. The Morgan fingerprint density at radius 1 is 1.25 bits per heavy atom. The number of anilines is 1. The van der Waals surface area contributed by atoms with Crippen molar-refractivity contribution in [3.05, 3.63) is 53.9 Å². The number of benzene rings is 2. The van der Waals surface area contributed by atoms with Crippen LogP contribution in [-0.4, -0.2) is 9.19 Å². The zero-order chi connectivity index (χ0) is 14.1. The number of nitrogens with zero attached hydrogens (tertiary/aromatic N) is 1. The SMILES string of the molecule is Cc1ccccc1S(=O)Cc1nc2ccc(N)cc2o1. The van der Waals surface area contributed by atoms with Gasteiger partial charge in [0.2, 0.25) is 5.89 Å². The Balaban J connectivity index is 1.89. The standard InChI is InChI=1S/C15H14N2O2S/c1-10-4-2-3-5-14(10)20(18)9-15-17-12-7-6-11(16)8-13(12)19-15/h2-8H,9,16H2,1H3. The van der Waals surface area contributed by atoms with Crippen LogP contribution >= 0.6 is 0 Å². The van der Waals surface area contributed by atoms with Crippen LogP contribution in [0.25, 0.3) is 11.1 Å². The summed E-state index contributed by atoms with van der Waals surface area (Å²) >= 11 is 0. The maximum atomic E-state index is 12.4. The van der Waals surface area contributed by atoms with Gasteiger partial charge in [-0.1, -0.05) is 18.2 Å². The first-order chi connectivity index (χ1) is 9.63. The third-order valence-corrected chi connectivity index (χ3v) is 4.51. The number of aryl methyl sites for hydroxylation is 1. The largest absolute Gasteiger partial charge is 0.440 e. The molecular formula is C15H14N2O2S. The number of hydrogen-bond donors (Lipinski definition) is 1. The first-order valence-corrected chi connectivity index (χ1v) is 7.54. The number of oxazole rings is 1. The van der Waals surface area contributed by atoms with Gasteiger partial charge in [-0.2, -0.15) is 0 Å². The third kappa shape index (κ3) is 2.44. The van der Waals surface area contributed by atoms with E-state index in [2.05, 4.69) is 4.98 Å². The summed E-state index contributed by atoms with van der Waals surface area (Å²) in [6.07, 6.45) is 0. The second kappa shape index (κ2) is 5.09. The van der Waals surface area contributed by atoms with Crippen LogP contribution in [0.2, 0.25) is 0 Å². The third-order valence-electron chi connectivity index (χ3n) is 3.05. The molecule has 5 heteroatoms. The molecule has 1 heterocycles. The summed E-state index contributed by atoms with van der Waals surface area (Å²) in [5.41, 5.74) is 8.69. The minimum absolute atomic E-state index is 0.263. The topological polar surface area (TPSA) is 69.1 Å². The fourth-order valence-electron chi connectivity index (χ4n) is 2.05. The molecule has 1 aromatic heterocycles. The number of rotatable bonds is 3. The molecule has 0 amide bonds. The van der Waals surface area contributed by atoms with Crippen LogP contribution in [0.1, 0.15) is 11.5 Å². The van der Waals surface area contributed by atoms with Gasteiger partial charge in [0, 0.05) is 16.6 Å². The molecule has 3 aromatic rings. The zero-order valence-electron chi connectivity index (χ0n) is 11.0. The number of nitrogen functional groups attached to an aromatic ring is 1. The van der Waals surface area contributed by atoms with E-state index < -0.39 is 10.8 Å². The molecule has 0 saturated carbocycles. The molecule has 0 aliphatic heterocycles. The monoisotopic (exact) mass is 286 g/mol. The van der Waals surface area contributed by atoms with Gasteiger partial charge in [-0.15, -0.1) is 0 Å². The maximum Gasteiger partial charge on any atom is 0.208 e. The summed E-state index contributed by atoms with van der Waals surface area (Å²) < 4.78 is 18.0. The van der Waals surface area contributed by atoms with E-state index in [1.54, 1.807) is 18.2 Å². The molecule has 102 valence electrons. The summed E-state index contributed by atoms with van der Waals surface area (Å²) in [7, 11) is -1.17. The average molecular weight is 286 g/mol. The lowest BCUT2D eigenvalue weighted by Gasteiger charge is -2.02. The van der Waals surface area contributed by atoms with Crippen molar-refractivity contribution >= 4 is 27.6 Å². The summed E-state index contributed by atoms with van der Waals surface area (Å²) in [6.45, 7) is 1.94. The summed E-state index contributed by atoms with van der Waals surface area (Å²) in [5, 5.41) is 0. The molecule has 0 aliphatic carbocycles. The Morgan fingerprint density at radius 3 is 2.85 bits per heavy atom. The quantitative estimate of drug-likeness (QED) is 0.751. The zero-order valence-corrected chi connectivity index (χ0v) is 11.8. The van der Waals surface area contributed by atoms with Crippen LogP contribution in [-0.2, 0) is 16.6 Å². The highest BCUT2D eigenvalue weighted by molar-refractivity contribution is 7.84. The van der Waals surface area contributed by atoms with Crippen molar-refractivity contribution in [2.75, 3.05) is 5.73 Å². The Morgan fingerprint density at radius 2 is 2.05 bits per heavy atom. The molecule has 3 rings (SSSR count). The average Bonchev–Trinajstić information content (AvgIpc) is 2.80. The Labute approximate surface area is 119 Å². The van der Waals surface area contributed by atoms with E-state index in [4.69, 9.17) is 10.2 Å². The lowest BCUT2D eigenvalue weighted by Crippen LogP contribution is -1.98. The van der Waals surface area contributed by atoms with Gasteiger partial charge in [0.25, 0.3) is 0 Å². The molecule has 2 N–H and O–H groups in total. The van der Waals surface area contributed by atoms with Gasteiger partial charge in [-0.05, 0) is 30.7 Å². The van der Waals surface area contributed by atoms with Crippen molar-refractivity contribution in [3.63, 3.8) is 0 Å². The molecule has 0 fully saturated rings. The van der Waals surface area contributed by atoms with Gasteiger partial charge in [0.15, 0.2) is 5.58 Å². The van der Waals surface area contributed by atoms with E-state index in [0.29, 0.717) is 17.2 Å². The van der Waals surface area contributed by atoms with E-state index in [9.17, 15) is 4.21 Å². The van der Waals surface area contributed by atoms with Crippen molar-refractivity contribution in [1.29, 1.82) is 0 Å². The first kappa shape index (κ1) is 12.9. The van der Waals surface area contributed by atoms with Gasteiger partial charge in [0.05, 0.1) is 10.8 Å². The molecule has 4 nitrogen and oxygen atoms in total. The normalized spacial score (nSPS) is 12.7. The van der Waals surface area contributed by atoms with Crippen molar-refractivity contribution in [2.45, 2.75) is 17.6 Å². The van der Waals surface area contributed by atoms with E-state index in [-0.39, 0.29) is 5.75 Å². The van der Waals surface area contributed by atoms with E-state index in [1.807, 2.05) is 31.2 Å². The fraction of sp³-hybridized carbons (Fsp3) is 0.133. The van der Waals surface area contributed by atoms with Crippen LogP contribution in [0.5, 0.6) is 0 Å². The van der Waals surface area contributed by atoms with Gasteiger partial charge in [0.1, 0.15) is 11.3 Å². The van der Waals surface area contributed by atoms with Crippen LogP contribution in [0.15, 0.2) is 51.8 Å². The molecule has 0 radical (unpaired) electrons. The Bertz CT molecular complexity index is 795. The minimum Gasteiger partial charge on any atom is -0.440 e. The molecular weight excluding hydrogens is 272 g/mol. The Hall–Kier alpha value is -2.14. The van der Waals surface area contributed by atoms with Crippen LogP contribution in [0.3, 0.4) is 0 Å². The molecule has 20 heavy (non-hydrogen) atoms. The molecule has 1 unspecified atom stereocenters. The highest BCUT2D eigenvalue weighted by Crippen LogP contribution is 2.21. The number of aromatic nitrogens is 1. The van der Waals surface area contributed by atoms with Crippen LogP contribution < -0.4 is 5.73 Å². The number of fused-ring (bicyclic) bond motifs is 1. The van der Waals surface area contributed by atoms with Gasteiger partial charge in [-0.3, -0.25) is 4.21 Å². The predicted molar refractivity (Wildman–Crippen MR) is 79.7 cm³/mol. The smallest absolute Gasteiger partial charge is 0.208 e. The van der Waals surface area contributed by atoms with E-state index in [0.717, 1.165) is 16.0 Å². The summed E-state index contributed by atoms with van der Waals surface area (Å²) in [5.74, 6) is 0.728. The number of hydrogen-bond acceptors (Lipinski definition) is 4. The lowest BCUT2D eigenvalue weighted by molar-refractivity contribution is 0.552. The van der Waals surface area contributed by atoms with E-state index >= 15 is 0 Å². The second-order valence-electron chi connectivity index (χ2n) is 4.59. The van der Waals surface area contributed by atoms with Gasteiger partial charge < -0.3 is 10.2 Å². The van der Waals surface area contributed by atoms with Crippen molar-refractivity contribution in [1.82, 2.24) is 4.98 Å². The fourth-order valence-corrected chi connectivity index (χ4v) is 3.21. The highest BCUT2D eigenvalue weighted by Gasteiger charge is 2.12. The molecule has 1 atom stereocenters. The first-order valence-electron chi connectivity index (χ1n) is 6.22. The maximum absolute atomic E-state index is 12.4. The Kier molecular flexibility index (Phi) is 3.28. The molecule has 2 aromatic carbocycles. The second-order valence-corrected chi connectivity index (χ2v) is 6.01. The van der Waals surface area contributed by atoms with Gasteiger partial charge in [-0.25, -0.2) is 4.98 Å². The van der Waals surface area contributed by atoms with E-state index in [1.165, 1.54) is 0 Å². The summed E-state index contributed by atoms with van der Waals surface area (Å²) in [4.78, 5) is 5.15. The van der Waals surface area contributed by atoms with Crippen molar-refractivity contribution in [2.24, 2.45) is 0 Å². The summed E-state index contributed by atoms with van der Waals surface area (Å²) in [6, 6.07) is 12.9. The lowest BCUT2D eigenvalue weighted by atomic mass is 10.2. The van der Waals surface area contributed by atoms with Crippen molar-refractivity contribution < 1.29 is 8.63 Å². The molecule has 0 spiro atoms. The highest BCUT2D eigenvalue weighted by atomic mass is 32.2. The van der Waals surface area contributed by atoms with Crippen LogP contribution in [0, 0.1) is 6.92 Å². The predicted octanol–water partition coefficient (Wildman–Crippen LogP) is 3.03.